The fourth-order valence-electron chi connectivity index (χ4n) is 3.11. The van der Waals surface area contributed by atoms with Crippen molar-refractivity contribution in [1.82, 2.24) is 10.2 Å². The molecule has 1 fully saturated rings. The van der Waals surface area contributed by atoms with Crippen molar-refractivity contribution in [2.75, 3.05) is 37.7 Å². The number of benzene rings is 2. The van der Waals surface area contributed by atoms with Crippen LogP contribution in [0.15, 0.2) is 60.7 Å². The van der Waals surface area contributed by atoms with Crippen LogP contribution in [0.3, 0.4) is 0 Å². The zero-order valence-electron chi connectivity index (χ0n) is 15.5. The van der Waals surface area contributed by atoms with E-state index in [-0.39, 0.29) is 18.4 Å². The van der Waals surface area contributed by atoms with Gasteiger partial charge in [0.2, 0.25) is 5.91 Å². The van der Waals surface area contributed by atoms with Gasteiger partial charge in [-0.3, -0.25) is 9.59 Å². The number of ether oxygens (including phenoxy) is 1. The summed E-state index contributed by atoms with van der Waals surface area (Å²) in [5.74, 6) is 0.266. The minimum absolute atomic E-state index is 0.0595. The first-order chi connectivity index (χ1) is 13.1. The van der Waals surface area contributed by atoms with Gasteiger partial charge >= 0.3 is 0 Å². The fourth-order valence-corrected chi connectivity index (χ4v) is 3.11. The number of para-hydroxylation sites is 2. The lowest BCUT2D eigenvalue weighted by atomic mass is 10.2. The first-order valence-electron chi connectivity index (χ1n) is 9.19. The highest BCUT2D eigenvalue weighted by Gasteiger charge is 2.26. The maximum absolute atomic E-state index is 12.6. The van der Waals surface area contributed by atoms with Crippen LogP contribution in [-0.2, 0) is 9.59 Å². The molecule has 0 unspecified atom stereocenters. The van der Waals surface area contributed by atoms with E-state index in [1.54, 1.807) is 19.1 Å². The summed E-state index contributed by atoms with van der Waals surface area (Å²) in [6.07, 6.45) is 0. The van der Waals surface area contributed by atoms with E-state index >= 15 is 0 Å². The van der Waals surface area contributed by atoms with Crippen molar-refractivity contribution in [2.45, 2.75) is 13.0 Å². The number of nitrogens with one attached hydrogen (secondary N) is 1. The molecule has 27 heavy (non-hydrogen) atoms. The number of carbonyl (C=O) groups excluding carboxylic acids is 2. The van der Waals surface area contributed by atoms with E-state index in [0.29, 0.717) is 18.8 Å². The molecule has 0 aliphatic carbocycles. The lowest BCUT2D eigenvalue weighted by Gasteiger charge is -2.37. The first kappa shape index (κ1) is 18.8. The Balaban J connectivity index is 1.43. The highest BCUT2D eigenvalue weighted by molar-refractivity contribution is 5.88. The van der Waals surface area contributed by atoms with Crippen molar-refractivity contribution in [3.63, 3.8) is 0 Å². The van der Waals surface area contributed by atoms with Gasteiger partial charge in [0, 0.05) is 31.9 Å². The lowest BCUT2D eigenvalue weighted by molar-refractivity contribution is -0.136. The lowest BCUT2D eigenvalue weighted by Crippen LogP contribution is -2.54. The molecule has 1 aliphatic heterocycles. The Labute approximate surface area is 159 Å². The van der Waals surface area contributed by atoms with Gasteiger partial charge in [-0.2, -0.15) is 0 Å². The van der Waals surface area contributed by atoms with Gasteiger partial charge in [0.1, 0.15) is 11.8 Å². The Hall–Kier alpha value is -3.02. The summed E-state index contributed by atoms with van der Waals surface area (Å²) in [7, 11) is 0. The van der Waals surface area contributed by atoms with Crippen molar-refractivity contribution in [3.05, 3.63) is 60.7 Å². The van der Waals surface area contributed by atoms with E-state index in [1.165, 1.54) is 5.69 Å². The highest BCUT2D eigenvalue weighted by atomic mass is 16.5. The number of piperazine rings is 1. The van der Waals surface area contributed by atoms with Crippen LogP contribution in [-0.4, -0.2) is 55.5 Å². The van der Waals surface area contributed by atoms with Gasteiger partial charge in [0.25, 0.3) is 5.91 Å². The summed E-state index contributed by atoms with van der Waals surface area (Å²) in [4.78, 5) is 28.7. The van der Waals surface area contributed by atoms with Crippen molar-refractivity contribution < 1.29 is 14.3 Å². The number of carbonyl (C=O) groups is 2. The minimum Gasteiger partial charge on any atom is -0.484 e. The van der Waals surface area contributed by atoms with E-state index in [1.807, 2.05) is 41.3 Å². The maximum Gasteiger partial charge on any atom is 0.258 e. The van der Waals surface area contributed by atoms with Gasteiger partial charge in [-0.15, -0.1) is 0 Å². The van der Waals surface area contributed by atoms with Crippen LogP contribution in [0.2, 0.25) is 0 Å². The first-order valence-corrected chi connectivity index (χ1v) is 9.19. The molecule has 0 bridgehead atoms. The Bertz CT molecular complexity index is 744. The Kier molecular flexibility index (Phi) is 6.30. The Morgan fingerprint density at radius 2 is 1.56 bits per heavy atom. The Morgan fingerprint density at radius 3 is 2.19 bits per heavy atom. The molecule has 0 saturated carbocycles. The molecule has 6 nitrogen and oxygen atoms in total. The van der Waals surface area contributed by atoms with Gasteiger partial charge in [-0.1, -0.05) is 36.4 Å². The average molecular weight is 367 g/mol. The molecule has 0 spiro atoms. The van der Waals surface area contributed by atoms with Crippen molar-refractivity contribution in [2.24, 2.45) is 0 Å². The highest BCUT2D eigenvalue weighted by Crippen LogP contribution is 2.16. The van der Waals surface area contributed by atoms with Crippen LogP contribution in [0.25, 0.3) is 0 Å². The second-order valence-corrected chi connectivity index (χ2v) is 6.54. The average Bonchev–Trinajstić information content (AvgIpc) is 2.73. The van der Waals surface area contributed by atoms with Crippen LogP contribution in [0.5, 0.6) is 5.75 Å². The predicted molar refractivity (Wildman–Crippen MR) is 105 cm³/mol. The van der Waals surface area contributed by atoms with Crippen LogP contribution in [0, 0.1) is 0 Å². The molecule has 1 saturated heterocycles. The quantitative estimate of drug-likeness (QED) is 0.847. The van der Waals surface area contributed by atoms with E-state index in [4.69, 9.17) is 4.74 Å². The smallest absolute Gasteiger partial charge is 0.258 e. The number of hydrogen-bond acceptors (Lipinski definition) is 4. The molecule has 1 heterocycles. The fraction of sp³-hybridized carbons (Fsp3) is 0.333. The molecule has 1 atom stereocenters. The van der Waals surface area contributed by atoms with Gasteiger partial charge < -0.3 is 19.9 Å². The molecule has 2 aromatic carbocycles. The molecule has 1 N–H and O–H groups in total. The molecular formula is C21H25N3O3. The molecular weight excluding hydrogens is 342 g/mol. The number of nitrogens with zero attached hydrogens (tertiary/aromatic N) is 2. The minimum atomic E-state index is -0.569. The van der Waals surface area contributed by atoms with E-state index < -0.39 is 6.04 Å². The third-order valence-electron chi connectivity index (χ3n) is 4.57. The summed E-state index contributed by atoms with van der Waals surface area (Å²) >= 11 is 0. The molecule has 0 aromatic heterocycles. The summed E-state index contributed by atoms with van der Waals surface area (Å²) in [5, 5.41) is 2.72. The normalized spacial score (nSPS) is 15.1. The van der Waals surface area contributed by atoms with Crippen molar-refractivity contribution >= 4 is 17.5 Å². The second-order valence-electron chi connectivity index (χ2n) is 6.54. The maximum atomic E-state index is 12.6. The van der Waals surface area contributed by atoms with Crippen LogP contribution in [0.4, 0.5) is 5.69 Å². The summed E-state index contributed by atoms with van der Waals surface area (Å²) < 4.78 is 5.41. The third-order valence-corrected chi connectivity index (χ3v) is 4.57. The number of amides is 2. The summed E-state index contributed by atoms with van der Waals surface area (Å²) in [5.41, 5.74) is 1.17. The molecule has 6 heteroatoms. The Morgan fingerprint density at radius 1 is 0.963 bits per heavy atom. The molecule has 2 aromatic rings. The molecule has 142 valence electrons. The SMILES string of the molecule is C[C@H](NC(=O)COc1ccccc1)C(=O)N1CCN(c2ccccc2)CC1. The van der Waals surface area contributed by atoms with Crippen LogP contribution in [0.1, 0.15) is 6.92 Å². The molecule has 3 rings (SSSR count). The van der Waals surface area contributed by atoms with Gasteiger partial charge in [-0.05, 0) is 31.2 Å². The summed E-state index contributed by atoms with van der Waals surface area (Å²) in [6, 6.07) is 18.7. The third kappa shape index (κ3) is 5.23. The van der Waals surface area contributed by atoms with Gasteiger partial charge in [-0.25, -0.2) is 0 Å². The second kappa shape index (κ2) is 9.07. The number of anilines is 1. The topological polar surface area (TPSA) is 61.9 Å². The van der Waals surface area contributed by atoms with Crippen molar-refractivity contribution in [3.8, 4) is 5.75 Å². The number of rotatable bonds is 6. The molecule has 0 radical (unpaired) electrons. The monoisotopic (exact) mass is 367 g/mol. The zero-order valence-corrected chi connectivity index (χ0v) is 15.5. The zero-order chi connectivity index (χ0) is 19.1. The largest absolute Gasteiger partial charge is 0.484 e. The van der Waals surface area contributed by atoms with Crippen molar-refractivity contribution in [1.29, 1.82) is 0 Å². The van der Waals surface area contributed by atoms with Gasteiger partial charge in [0.05, 0.1) is 0 Å². The molecule has 2 amide bonds. The van der Waals surface area contributed by atoms with Gasteiger partial charge in [0.15, 0.2) is 6.61 Å². The van der Waals surface area contributed by atoms with E-state index in [9.17, 15) is 9.59 Å². The standard InChI is InChI=1S/C21H25N3O3/c1-17(22-20(25)16-27-19-10-6-3-7-11-19)21(26)24-14-12-23(13-15-24)18-8-4-2-5-9-18/h2-11,17H,12-16H2,1H3,(H,22,25)/t17-/m0/s1. The summed E-state index contributed by atoms with van der Waals surface area (Å²) in [6.45, 7) is 4.47. The van der Waals surface area contributed by atoms with Crippen LogP contribution < -0.4 is 15.0 Å². The van der Waals surface area contributed by atoms with E-state index in [0.717, 1.165) is 13.1 Å². The van der Waals surface area contributed by atoms with Crippen LogP contribution >= 0.6 is 0 Å². The van der Waals surface area contributed by atoms with E-state index in [2.05, 4.69) is 22.3 Å². The predicted octanol–water partition coefficient (Wildman–Crippen LogP) is 1.92. The number of hydrogen-bond donors (Lipinski definition) is 1. The molecule has 1 aliphatic rings.